The number of carbonyl (C=O) groups excluding carboxylic acids is 1. The molecule has 126 valence electrons. The van der Waals surface area contributed by atoms with Gasteiger partial charge in [-0.05, 0) is 43.0 Å². The fourth-order valence-corrected chi connectivity index (χ4v) is 2.99. The number of nitrogens with two attached hydrogens (primary N) is 1. The molecular formula is C20H24N2O2. The van der Waals surface area contributed by atoms with Crippen molar-refractivity contribution in [3.63, 3.8) is 0 Å². The van der Waals surface area contributed by atoms with Gasteiger partial charge in [-0.1, -0.05) is 42.5 Å². The second-order valence-electron chi connectivity index (χ2n) is 6.31. The molecule has 1 unspecified atom stereocenters. The van der Waals surface area contributed by atoms with Crippen molar-refractivity contribution in [3.05, 3.63) is 54.6 Å². The van der Waals surface area contributed by atoms with Gasteiger partial charge >= 0.3 is 0 Å². The highest BCUT2D eigenvalue weighted by molar-refractivity contribution is 5.81. The third-order valence-corrected chi connectivity index (χ3v) is 4.47. The van der Waals surface area contributed by atoms with E-state index < -0.39 is 6.10 Å². The molecule has 1 saturated heterocycles. The van der Waals surface area contributed by atoms with Crippen LogP contribution in [0.4, 0.5) is 0 Å². The summed E-state index contributed by atoms with van der Waals surface area (Å²) in [7, 11) is 0. The van der Waals surface area contributed by atoms with Gasteiger partial charge in [-0.2, -0.15) is 0 Å². The number of piperidine rings is 1. The molecule has 1 atom stereocenters. The highest BCUT2D eigenvalue weighted by Crippen LogP contribution is 2.23. The molecule has 4 nitrogen and oxygen atoms in total. The van der Waals surface area contributed by atoms with Gasteiger partial charge in [-0.15, -0.1) is 0 Å². The molecule has 1 heterocycles. The molecule has 1 amide bonds. The average Bonchev–Trinajstić information content (AvgIpc) is 2.63. The maximum atomic E-state index is 12.5. The minimum Gasteiger partial charge on any atom is -0.481 e. The lowest BCUT2D eigenvalue weighted by Gasteiger charge is -2.32. The summed E-state index contributed by atoms with van der Waals surface area (Å²) >= 11 is 0. The summed E-state index contributed by atoms with van der Waals surface area (Å²) in [6, 6.07) is 18.3. The molecule has 0 bridgehead atoms. The van der Waals surface area contributed by atoms with Crippen LogP contribution in [0.1, 0.15) is 19.8 Å². The standard InChI is InChI=1S/C20H24N2O2/c1-15(20(23)22-13-11-18(21)12-14-22)24-19-9-7-17(8-10-19)16-5-3-2-4-6-16/h2-10,15,18H,11-14,21H2,1H3. The van der Waals surface area contributed by atoms with E-state index in [1.54, 1.807) is 0 Å². The average molecular weight is 324 g/mol. The van der Waals surface area contributed by atoms with Gasteiger partial charge in [0, 0.05) is 19.1 Å². The van der Waals surface area contributed by atoms with Crippen molar-refractivity contribution in [2.45, 2.75) is 31.9 Å². The van der Waals surface area contributed by atoms with E-state index in [1.165, 1.54) is 0 Å². The fraction of sp³-hybridized carbons (Fsp3) is 0.350. The third-order valence-electron chi connectivity index (χ3n) is 4.47. The summed E-state index contributed by atoms with van der Waals surface area (Å²) in [5.41, 5.74) is 8.19. The van der Waals surface area contributed by atoms with Crippen LogP contribution in [0, 0.1) is 0 Å². The largest absolute Gasteiger partial charge is 0.481 e. The van der Waals surface area contributed by atoms with E-state index in [4.69, 9.17) is 10.5 Å². The van der Waals surface area contributed by atoms with Crippen LogP contribution in [0.15, 0.2) is 54.6 Å². The van der Waals surface area contributed by atoms with E-state index in [-0.39, 0.29) is 11.9 Å². The molecular weight excluding hydrogens is 300 g/mol. The van der Waals surface area contributed by atoms with Gasteiger partial charge in [0.25, 0.3) is 5.91 Å². The minimum atomic E-state index is -0.484. The first-order chi connectivity index (χ1) is 11.6. The first-order valence-electron chi connectivity index (χ1n) is 8.50. The van der Waals surface area contributed by atoms with E-state index in [9.17, 15) is 4.79 Å². The van der Waals surface area contributed by atoms with Crippen LogP contribution in [0.2, 0.25) is 0 Å². The van der Waals surface area contributed by atoms with Crippen molar-refractivity contribution in [1.29, 1.82) is 0 Å². The van der Waals surface area contributed by atoms with Gasteiger partial charge < -0.3 is 15.4 Å². The normalized spacial score (nSPS) is 16.7. The highest BCUT2D eigenvalue weighted by Gasteiger charge is 2.25. The number of amides is 1. The Morgan fingerprint density at radius 1 is 1.04 bits per heavy atom. The van der Waals surface area contributed by atoms with Crippen LogP contribution in [0.25, 0.3) is 11.1 Å². The molecule has 0 aliphatic carbocycles. The molecule has 2 aromatic carbocycles. The Morgan fingerprint density at radius 3 is 2.25 bits per heavy atom. The highest BCUT2D eigenvalue weighted by atomic mass is 16.5. The molecule has 4 heteroatoms. The first-order valence-corrected chi connectivity index (χ1v) is 8.50. The van der Waals surface area contributed by atoms with Crippen LogP contribution < -0.4 is 10.5 Å². The number of ether oxygens (including phenoxy) is 1. The molecule has 2 aromatic rings. The summed E-state index contributed by atoms with van der Waals surface area (Å²) in [4.78, 5) is 14.3. The van der Waals surface area contributed by atoms with E-state index in [0.29, 0.717) is 5.75 Å². The predicted octanol–water partition coefficient (Wildman–Crippen LogP) is 3.07. The molecule has 0 aromatic heterocycles. The topological polar surface area (TPSA) is 55.6 Å². The smallest absolute Gasteiger partial charge is 0.263 e. The van der Waals surface area contributed by atoms with E-state index in [1.807, 2.05) is 54.3 Å². The first kappa shape index (κ1) is 16.5. The Hall–Kier alpha value is -2.33. The van der Waals surface area contributed by atoms with Gasteiger partial charge in [0.2, 0.25) is 0 Å². The minimum absolute atomic E-state index is 0.0361. The van der Waals surface area contributed by atoms with E-state index in [0.717, 1.165) is 37.1 Å². The Morgan fingerprint density at radius 2 is 1.62 bits per heavy atom. The van der Waals surface area contributed by atoms with Gasteiger partial charge in [0.1, 0.15) is 5.75 Å². The van der Waals surface area contributed by atoms with Gasteiger partial charge in [-0.25, -0.2) is 0 Å². The van der Waals surface area contributed by atoms with Gasteiger partial charge in [0.05, 0.1) is 0 Å². The van der Waals surface area contributed by atoms with Crippen molar-refractivity contribution in [2.24, 2.45) is 5.73 Å². The second-order valence-corrected chi connectivity index (χ2v) is 6.31. The van der Waals surface area contributed by atoms with Gasteiger partial charge in [-0.3, -0.25) is 4.79 Å². The lowest BCUT2D eigenvalue weighted by molar-refractivity contribution is -0.139. The molecule has 24 heavy (non-hydrogen) atoms. The molecule has 0 spiro atoms. The lowest BCUT2D eigenvalue weighted by atomic mass is 10.1. The van der Waals surface area contributed by atoms with Crippen molar-refractivity contribution in [2.75, 3.05) is 13.1 Å². The predicted molar refractivity (Wildman–Crippen MR) is 95.8 cm³/mol. The maximum absolute atomic E-state index is 12.5. The number of likely N-dealkylation sites (tertiary alicyclic amines) is 1. The van der Waals surface area contributed by atoms with Crippen molar-refractivity contribution < 1.29 is 9.53 Å². The van der Waals surface area contributed by atoms with Crippen molar-refractivity contribution in [3.8, 4) is 16.9 Å². The van der Waals surface area contributed by atoms with E-state index in [2.05, 4.69) is 12.1 Å². The summed E-state index contributed by atoms with van der Waals surface area (Å²) in [6.45, 7) is 3.25. The molecule has 3 rings (SSSR count). The summed E-state index contributed by atoms with van der Waals surface area (Å²) in [5, 5.41) is 0. The molecule has 0 saturated carbocycles. The van der Waals surface area contributed by atoms with Crippen molar-refractivity contribution in [1.82, 2.24) is 4.90 Å². The summed E-state index contributed by atoms with van der Waals surface area (Å²) < 4.78 is 5.82. The van der Waals surface area contributed by atoms with Gasteiger partial charge in [0.15, 0.2) is 6.10 Å². The Bertz CT molecular complexity index is 662. The van der Waals surface area contributed by atoms with Crippen LogP contribution in [0.3, 0.4) is 0 Å². The Labute approximate surface area is 143 Å². The number of nitrogens with zero attached hydrogens (tertiary/aromatic N) is 1. The van der Waals surface area contributed by atoms with Crippen LogP contribution in [-0.2, 0) is 4.79 Å². The zero-order valence-electron chi connectivity index (χ0n) is 14.0. The lowest BCUT2D eigenvalue weighted by Crippen LogP contribution is -2.47. The molecule has 1 aliphatic rings. The third kappa shape index (κ3) is 3.95. The summed E-state index contributed by atoms with van der Waals surface area (Å²) in [6.07, 6.45) is 1.25. The molecule has 1 aliphatic heterocycles. The zero-order valence-corrected chi connectivity index (χ0v) is 14.0. The Balaban J connectivity index is 1.60. The van der Waals surface area contributed by atoms with Crippen LogP contribution in [0.5, 0.6) is 5.75 Å². The monoisotopic (exact) mass is 324 g/mol. The zero-order chi connectivity index (χ0) is 16.9. The number of hydrogen-bond acceptors (Lipinski definition) is 3. The quantitative estimate of drug-likeness (QED) is 0.940. The number of rotatable bonds is 4. The van der Waals surface area contributed by atoms with E-state index >= 15 is 0 Å². The SMILES string of the molecule is CC(Oc1ccc(-c2ccccc2)cc1)C(=O)N1CCC(N)CC1. The molecule has 0 radical (unpaired) electrons. The second kappa shape index (κ2) is 7.49. The summed E-state index contributed by atoms with van der Waals surface area (Å²) in [5.74, 6) is 0.748. The van der Waals surface area contributed by atoms with Crippen LogP contribution in [-0.4, -0.2) is 36.0 Å². The van der Waals surface area contributed by atoms with Crippen molar-refractivity contribution >= 4 is 5.91 Å². The maximum Gasteiger partial charge on any atom is 0.263 e. The van der Waals surface area contributed by atoms with Crippen LogP contribution >= 0.6 is 0 Å². The number of carbonyl (C=O) groups is 1. The molecule has 2 N–H and O–H groups in total. The number of benzene rings is 2. The fourth-order valence-electron chi connectivity index (χ4n) is 2.99. The molecule has 1 fully saturated rings. The number of hydrogen-bond donors (Lipinski definition) is 1. The Kier molecular flexibility index (Phi) is 5.16.